The molecule has 2 heterocycles. The zero-order valence-electron chi connectivity index (χ0n) is 8.11. The molecule has 0 N–H and O–H groups in total. The summed E-state index contributed by atoms with van der Waals surface area (Å²) in [4.78, 5) is 8.27. The largest absolute Gasteiger partial charge is 1.00 e. The predicted molar refractivity (Wildman–Crippen MR) is 51.8 cm³/mol. The number of thiazole rings is 1. The van der Waals surface area contributed by atoms with E-state index in [-0.39, 0.29) is 58.8 Å². The van der Waals surface area contributed by atoms with Gasteiger partial charge >= 0.3 is 51.4 Å². The second-order valence-electron chi connectivity index (χ2n) is 2.37. The second kappa shape index (κ2) is 6.11. The molecule has 0 unspecified atom stereocenters. The molecule has 0 spiro atoms. The summed E-state index contributed by atoms with van der Waals surface area (Å²) < 4.78 is 1.15. The maximum atomic E-state index is 4.16. The number of nitrogens with zero attached hydrogens (tertiary/aromatic N) is 2. The maximum Gasteiger partial charge on any atom is 1.00 e. The molecule has 1 aromatic heterocycles. The van der Waals surface area contributed by atoms with Gasteiger partial charge in [0.1, 0.15) is 5.49 Å². The molecule has 2 nitrogen and oxygen atoms in total. The van der Waals surface area contributed by atoms with Crippen LogP contribution in [0.25, 0.3) is 6.08 Å². The van der Waals surface area contributed by atoms with Gasteiger partial charge in [-0.2, -0.15) is 23.3 Å². The van der Waals surface area contributed by atoms with Crippen molar-refractivity contribution in [2.75, 3.05) is 0 Å². The Morgan fingerprint density at radius 3 is 3.00 bits per heavy atom. The van der Waals surface area contributed by atoms with Crippen LogP contribution in [0.15, 0.2) is 22.8 Å². The summed E-state index contributed by atoms with van der Waals surface area (Å²) in [6, 6.07) is 0. The molecule has 13 heavy (non-hydrogen) atoms. The Labute approximate surface area is 125 Å². The molecule has 0 radical (unpaired) electrons. The van der Waals surface area contributed by atoms with E-state index in [0.717, 1.165) is 10.0 Å². The van der Waals surface area contributed by atoms with Crippen molar-refractivity contribution in [2.24, 2.45) is 4.99 Å². The SMILES string of the molecule is C[C-]1C=CN=c2ncsc2=C1.[CH3-].[K+]. The Balaban J connectivity index is 0.000000720. The standard InChI is InChI=1S/C8H7N2S.CH3.K/c1-6-2-3-9-8-7(4-6)11-5-10-8;;/h2-5H,1H3;1H3;/q2*-1;+1. The molecule has 1 aliphatic rings. The quantitative estimate of drug-likeness (QED) is 0.369. The van der Waals surface area contributed by atoms with E-state index in [1.165, 1.54) is 5.92 Å². The molecule has 1 aliphatic heterocycles. The average Bonchev–Trinajstić information content (AvgIpc) is 2.31. The zero-order chi connectivity index (χ0) is 7.68. The topological polar surface area (TPSA) is 25.2 Å². The van der Waals surface area contributed by atoms with E-state index in [0.29, 0.717) is 0 Å². The van der Waals surface area contributed by atoms with E-state index < -0.39 is 0 Å². The Hall–Kier alpha value is 0.546. The normalized spacial score (nSPS) is 12.5. The molecule has 0 fully saturated rings. The maximum absolute atomic E-state index is 4.16. The van der Waals surface area contributed by atoms with Crippen molar-refractivity contribution < 1.29 is 51.4 Å². The number of aromatic nitrogens is 1. The summed E-state index contributed by atoms with van der Waals surface area (Å²) in [5.74, 6) is 1.22. The van der Waals surface area contributed by atoms with Gasteiger partial charge in [-0.3, -0.25) is 0 Å². The molecule has 0 atom stereocenters. The molecule has 0 aliphatic carbocycles. The molecular formula is C9H10KN2S-. The third-order valence-corrected chi connectivity index (χ3v) is 2.23. The predicted octanol–water partition coefficient (Wildman–Crippen LogP) is -1.88. The van der Waals surface area contributed by atoms with Crippen LogP contribution >= 0.6 is 11.3 Å². The van der Waals surface area contributed by atoms with Crippen LogP contribution in [-0.2, 0) is 0 Å². The molecule has 0 saturated heterocycles. The first kappa shape index (κ1) is 13.5. The van der Waals surface area contributed by atoms with Crippen molar-refractivity contribution in [1.29, 1.82) is 0 Å². The van der Waals surface area contributed by atoms with Crippen molar-refractivity contribution >= 4 is 17.4 Å². The van der Waals surface area contributed by atoms with E-state index in [1.807, 2.05) is 11.6 Å². The number of hydrogen-bond acceptors (Lipinski definition) is 3. The molecule has 0 saturated carbocycles. The summed E-state index contributed by atoms with van der Waals surface area (Å²) in [6.07, 6.45) is 5.87. The summed E-state index contributed by atoms with van der Waals surface area (Å²) in [5, 5.41) is 0. The average molecular weight is 217 g/mol. The van der Waals surface area contributed by atoms with Gasteiger partial charge in [0, 0.05) is 0 Å². The minimum atomic E-state index is 0. The van der Waals surface area contributed by atoms with Gasteiger partial charge in [-0.05, 0) is 4.53 Å². The molecular weight excluding hydrogens is 207 g/mol. The van der Waals surface area contributed by atoms with Crippen LogP contribution in [0.4, 0.5) is 0 Å². The third kappa shape index (κ3) is 3.31. The van der Waals surface area contributed by atoms with Crippen LogP contribution in [0.3, 0.4) is 0 Å². The number of fused-ring (bicyclic) bond motifs is 1. The fourth-order valence-electron chi connectivity index (χ4n) is 0.925. The number of hydrogen-bond donors (Lipinski definition) is 0. The van der Waals surface area contributed by atoms with Gasteiger partial charge in [0.2, 0.25) is 0 Å². The monoisotopic (exact) mass is 217 g/mol. The van der Waals surface area contributed by atoms with Crippen LogP contribution in [-0.4, -0.2) is 4.98 Å². The minimum absolute atomic E-state index is 0. The van der Waals surface area contributed by atoms with E-state index in [1.54, 1.807) is 17.5 Å². The van der Waals surface area contributed by atoms with Gasteiger partial charge < -0.3 is 12.4 Å². The van der Waals surface area contributed by atoms with Gasteiger partial charge in [0.05, 0.1) is 5.51 Å². The molecule has 1 aromatic rings. The van der Waals surface area contributed by atoms with Gasteiger partial charge in [-0.1, -0.05) is 13.1 Å². The molecule has 0 bridgehead atoms. The fourth-order valence-corrected chi connectivity index (χ4v) is 1.66. The van der Waals surface area contributed by atoms with Crippen molar-refractivity contribution in [3.8, 4) is 0 Å². The first-order valence-corrected chi connectivity index (χ1v) is 4.23. The molecule has 64 valence electrons. The van der Waals surface area contributed by atoms with Crippen LogP contribution in [0, 0.1) is 13.3 Å². The Kier molecular flexibility index (Phi) is 6.37. The van der Waals surface area contributed by atoms with Crippen molar-refractivity contribution in [3.05, 3.63) is 41.2 Å². The van der Waals surface area contributed by atoms with Crippen LogP contribution in [0.5, 0.6) is 0 Å². The van der Waals surface area contributed by atoms with Crippen LogP contribution < -0.4 is 61.4 Å². The molecule has 0 amide bonds. The molecule has 0 aromatic carbocycles. The Morgan fingerprint density at radius 2 is 2.23 bits per heavy atom. The molecule has 2 rings (SSSR count). The Morgan fingerprint density at radius 1 is 1.46 bits per heavy atom. The minimum Gasteiger partial charge on any atom is -0.358 e. The Bertz CT molecular complexity index is 394. The molecule has 4 heteroatoms. The van der Waals surface area contributed by atoms with E-state index >= 15 is 0 Å². The van der Waals surface area contributed by atoms with Crippen molar-refractivity contribution in [3.63, 3.8) is 0 Å². The summed E-state index contributed by atoms with van der Waals surface area (Å²) >= 11 is 1.62. The van der Waals surface area contributed by atoms with Gasteiger partial charge in [-0.15, -0.1) is 6.08 Å². The van der Waals surface area contributed by atoms with Gasteiger partial charge in [0.15, 0.2) is 0 Å². The second-order valence-corrected chi connectivity index (χ2v) is 3.26. The van der Waals surface area contributed by atoms with E-state index in [4.69, 9.17) is 0 Å². The smallest absolute Gasteiger partial charge is 0.358 e. The first-order valence-electron chi connectivity index (χ1n) is 3.35. The fraction of sp³-hybridized carbons (Fsp3) is 0.111. The van der Waals surface area contributed by atoms with Crippen molar-refractivity contribution in [2.45, 2.75) is 6.92 Å². The van der Waals surface area contributed by atoms with E-state index in [9.17, 15) is 0 Å². The number of allylic oxidation sites excluding steroid dienone is 1. The van der Waals surface area contributed by atoms with E-state index in [2.05, 4.69) is 23.0 Å². The van der Waals surface area contributed by atoms with Crippen LogP contribution in [0.2, 0.25) is 0 Å². The zero-order valence-corrected chi connectivity index (χ0v) is 12.1. The summed E-state index contributed by atoms with van der Waals surface area (Å²) in [5.41, 5.74) is 2.65. The first-order chi connectivity index (χ1) is 5.36. The van der Waals surface area contributed by atoms with Crippen LogP contribution in [0.1, 0.15) is 6.92 Å². The number of rotatable bonds is 0. The third-order valence-electron chi connectivity index (χ3n) is 1.47. The summed E-state index contributed by atoms with van der Waals surface area (Å²) in [6.45, 7) is 2.06. The summed E-state index contributed by atoms with van der Waals surface area (Å²) in [7, 11) is 0. The van der Waals surface area contributed by atoms with Crippen molar-refractivity contribution in [1.82, 2.24) is 4.98 Å². The van der Waals surface area contributed by atoms with Gasteiger partial charge in [0.25, 0.3) is 0 Å². The van der Waals surface area contributed by atoms with Gasteiger partial charge in [-0.25, -0.2) is 4.98 Å².